The molecule has 0 aliphatic carbocycles. The van der Waals surface area contributed by atoms with E-state index in [1.807, 2.05) is 13.0 Å². The molecule has 0 bridgehead atoms. The number of rotatable bonds is 2. The SMILES string of the molecule is Cc1cc(-c2onc(N)c2-c2ccc(F)cc2Cl)sc1Br. The topological polar surface area (TPSA) is 52.0 Å². The van der Waals surface area contributed by atoms with Crippen LogP contribution in [0.5, 0.6) is 0 Å². The van der Waals surface area contributed by atoms with Crippen molar-refractivity contribution in [1.82, 2.24) is 5.16 Å². The number of hydrogen-bond donors (Lipinski definition) is 1. The monoisotopic (exact) mass is 386 g/mol. The number of benzene rings is 1. The molecule has 21 heavy (non-hydrogen) atoms. The lowest BCUT2D eigenvalue weighted by atomic mass is 10.0. The highest BCUT2D eigenvalue weighted by Gasteiger charge is 2.22. The van der Waals surface area contributed by atoms with Gasteiger partial charge in [-0.15, -0.1) is 11.3 Å². The average molecular weight is 388 g/mol. The summed E-state index contributed by atoms with van der Waals surface area (Å²) in [6.45, 7) is 1.98. The molecule has 0 fully saturated rings. The van der Waals surface area contributed by atoms with Crippen LogP contribution < -0.4 is 5.73 Å². The first-order valence-corrected chi connectivity index (χ1v) is 7.93. The molecule has 0 aliphatic heterocycles. The van der Waals surface area contributed by atoms with Crippen molar-refractivity contribution in [3.63, 3.8) is 0 Å². The number of aromatic nitrogens is 1. The van der Waals surface area contributed by atoms with Gasteiger partial charge in [-0.25, -0.2) is 4.39 Å². The molecule has 1 aromatic carbocycles. The molecule has 0 saturated heterocycles. The van der Waals surface area contributed by atoms with E-state index in [-0.39, 0.29) is 10.8 Å². The van der Waals surface area contributed by atoms with Crippen molar-refractivity contribution in [2.75, 3.05) is 5.73 Å². The molecule has 3 nitrogen and oxygen atoms in total. The minimum Gasteiger partial charge on any atom is -0.380 e. The van der Waals surface area contributed by atoms with Crippen LogP contribution >= 0.6 is 38.9 Å². The number of aryl methyl sites for hydroxylation is 1. The number of nitrogens with two attached hydrogens (primary N) is 1. The van der Waals surface area contributed by atoms with Crippen LogP contribution in [-0.2, 0) is 0 Å². The Kier molecular flexibility index (Phi) is 3.77. The molecule has 0 aliphatic rings. The molecular weight excluding hydrogens is 379 g/mol. The molecule has 2 aromatic heterocycles. The van der Waals surface area contributed by atoms with Crippen molar-refractivity contribution in [2.24, 2.45) is 0 Å². The Morgan fingerprint density at radius 2 is 2.14 bits per heavy atom. The van der Waals surface area contributed by atoms with Gasteiger partial charge in [0.2, 0.25) is 0 Å². The third-order valence-corrected chi connectivity index (χ3v) is 5.45. The minimum absolute atomic E-state index is 0.223. The van der Waals surface area contributed by atoms with E-state index in [1.165, 1.54) is 23.5 Å². The molecule has 7 heteroatoms. The molecule has 3 rings (SSSR count). The molecule has 2 N–H and O–H groups in total. The fourth-order valence-electron chi connectivity index (χ4n) is 1.99. The summed E-state index contributed by atoms with van der Waals surface area (Å²) in [5.74, 6) is 0.343. The quantitative estimate of drug-likeness (QED) is 0.630. The summed E-state index contributed by atoms with van der Waals surface area (Å²) in [4.78, 5) is 0.874. The Hall–Kier alpha value is -1.37. The van der Waals surface area contributed by atoms with E-state index in [0.717, 1.165) is 14.2 Å². The molecule has 0 unspecified atom stereocenters. The van der Waals surface area contributed by atoms with Crippen LogP contribution in [0, 0.1) is 12.7 Å². The van der Waals surface area contributed by atoms with E-state index in [9.17, 15) is 4.39 Å². The van der Waals surface area contributed by atoms with Crippen LogP contribution in [0.1, 0.15) is 5.56 Å². The van der Waals surface area contributed by atoms with E-state index in [4.69, 9.17) is 21.9 Å². The number of anilines is 1. The van der Waals surface area contributed by atoms with Gasteiger partial charge >= 0.3 is 0 Å². The standard InChI is InChI=1S/C14H9BrClFN2OS/c1-6-4-10(21-13(6)15)12-11(14(18)19-20-12)8-3-2-7(17)5-9(8)16/h2-5H,1H3,(H2,18,19). The van der Waals surface area contributed by atoms with Crippen LogP contribution in [0.15, 0.2) is 32.6 Å². The first-order valence-electron chi connectivity index (χ1n) is 5.94. The van der Waals surface area contributed by atoms with Gasteiger partial charge in [0.15, 0.2) is 11.6 Å². The fourth-order valence-corrected chi connectivity index (χ4v) is 3.77. The Morgan fingerprint density at radius 1 is 1.38 bits per heavy atom. The normalized spacial score (nSPS) is 11.0. The number of nitrogens with zero attached hydrogens (tertiary/aromatic N) is 1. The molecule has 2 heterocycles. The largest absolute Gasteiger partial charge is 0.380 e. The maximum Gasteiger partial charge on any atom is 0.186 e. The summed E-state index contributed by atoms with van der Waals surface area (Å²) in [7, 11) is 0. The first kappa shape index (κ1) is 14.6. The van der Waals surface area contributed by atoms with Gasteiger partial charge in [-0.05, 0) is 52.7 Å². The highest BCUT2D eigenvalue weighted by molar-refractivity contribution is 9.11. The van der Waals surface area contributed by atoms with Gasteiger partial charge in [0.25, 0.3) is 0 Å². The second-order valence-electron chi connectivity index (χ2n) is 4.46. The van der Waals surface area contributed by atoms with Crippen molar-refractivity contribution in [3.05, 3.63) is 44.5 Å². The summed E-state index contributed by atoms with van der Waals surface area (Å²) in [6, 6.07) is 6.10. The van der Waals surface area contributed by atoms with Crippen LogP contribution in [0.4, 0.5) is 10.2 Å². The predicted molar refractivity (Wildman–Crippen MR) is 87.1 cm³/mol. The van der Waals surface area contributed by atoms with Gasteiger partial charge in [-0.1, -0.05) is 16.8 Å². The molecule has 0 radical (unpaired) electrons. The average Bonchev–Trinajstić information content (AvgIpc) is 2.94. The summed E-state index contributed by atoms with van der Waals surface area (Å²) in [6.07, 6.45) is 0. The van der Waals surface area contributed by atoms with E-state index in [0.29, 0.717) is 16.9 Å². The maximum atomic E-state index is 13.2. The highest BCUT2D eigenvalue weighted by Crippen LogP contribution is 2.43. The van der Waals surface area contributed by atoms with Gasteiger partial charge in [-0.3, -0.25) is 0 Å². The van der Waals surface area contributed by atoms with E-state index in [1.54, 1.807) is 6.07 Å². The van der Waals surface area contributed by atoms with Crippen LogP contribution in [-0.4, -0.2) is 5.16 Å². The second-order valence-corrected chi connectivity index (χ2v) is 7.24. The number of hydrogen-bond acceptors (Lipinski definition) is 4. The van der Waals surface area contributed by atoms with Gasteiger partial charge < -0.3 is 10.3 Å². The van der Waals surface area contributed by atoms with Gasteiger partial charge in [0.05, 0.1) is 19.2 Å². The second kappa shape index (κ2) is 5.44. The highest BCUT2D eigenvalue weighted by atomic mass is 79.9. The first-order chi connectivity index (χ1) is 9.97. The Bertz CT molecular complexity index is 811. The van der Waals surface area contributed by atoms with Crippen LogP contribution in [0.3, 0.4) is 0 Å². The molecule has 0 spiro atoms. The Balaban J connectivity index is 2.21. The number of thiophene rings is 1. The van der Waals surface area contributed by atoms with E-state index < -0.39 is 5.82 Å². The number of nitrogen functional groups attached to an aromatic ring is 1. The number of halogens is 3. The molecule has 0 saturated carbocycles. The van der Waals surface area contributed by atoms with Crippen LogP contribution in [0.2, 0.25) is 5.02 Å². The predicted octanol–water partition coefficient (Wildman–Crippen LogP) is 5.52. The smallest absolute Gasteiger partial charge is 0.186 e. The molecular formula is C14H9BrClFN2OS. The van der Waals surface area contributed by atoms with Crippen molar-refractivity contribution in [1.29, 1.82) is 0 Å². The van der Waals surface area contributed by atoms with Crippen LogP contribution in [0.25, 0.3) is 21.8 Å². The zero-order valence-electron chi connectivity index (χ0n) is 10.8. The van der Waals surface area contributed by atoms with Gasteiger partial charge in [-0.2, -0.15) is 0 Å². The summed E-state index contributed by atoms with van der Waals surface area (Å²) >= 11 is 11.1. The fraction of sp³-hybridized carbons (Fsp3) is 0.0714. The van der Waals surface area contributed by atoms with Crippen molar-refractivity contribution in [2.45, 2.75) is 6.92 Å². The third kappa shape index (κ3) is 2.59. The minimum atomic E-state index is -0.407. The Morgan fingerprint density at radius 3 is 2.76 bits per heavy atom. The molecule has 0 atom stereocenters. The molecule has 3 aromatic rings. The summed E-state index contributed by atoms with van der Waals surface area (Å²) < 4.78 is 19.6. The maximum absolute atomic E-state index is 13.2. The Labute approximate surface area is 137 Å². The molecule has 108 valence electrons. The lowest BCUT2D eigenvalue weighted by Gasteiger charge is -2.04. The van der Waals surface area contributed by atoms with Crippen molar-refractivity contribution in [3.8, 4) is 21.8 Å². The molecule has 0 amide bonds. The summed E-state index contributed by atoms with van der Waals surface area (Å²) in [5, 5.41) is 4.08. The van der Waals surface area contributed by atoms with Crippen molar-refractivity contribution < 1.29 is 8.91 Å². The zero-order valence-corrected chi connectivity index (χ0v) is 13.9. The van der Waals surface area contributed by atoms with E-state index >= 15 is 0 Å². The van der Waals surface area contributed by atoms with E-state index in [2.05, 4.69) is 21.1 Å². The lowest BCUT2D eigenvalue weighted by Crippen LogP contribution is -1.90. The lowest BCUT2D eigenvalue weighted by molar-refractivity contribution is 0.437. The summed E-state index contributed by atoms with van der Waals surface area (Å²) in [5.41, 5.74) is 8.15. The zero-order chi connectivity index (χ0) is 15.1. The van der Waals surface area contributed by atoms with Crippen molar-refractivity contribution >= 4 is 44.7 Å². The van der Waals surface area contributed by atoms with Gasteiger partial charge in [0, 0.05) is 5.56 Å². The third-order valence-electron chi connectivity index (χ3n) is 3.00. The van der Waals surface area contributed by atoms with Gasteiger partial charge in [0.1, 0.15) is 5.82 Å².